The molecule has 0 N–H and O–H groups in total. The Morgan fingerprint density at radius 2 is 1.80 bits per heavy atom. The number of carbonyl (C=O) groups excluding carboxylic acids is 2. The predicted molar refractivity (Wildman–Crippen MR) is 113 cm³/mol. The molecule has 7 heteroatoms. The van der Waals surface area contributed by atoms with Crippen molar-refractivity contribution >= 4 is 12.0 Å². The fourth-order valence-corrected chi connectivity index (χ4v) is 3.47. The molecule has 1 saturated heterocycles. The Morgan fingerprint density at radius 1 is 1.10 bits per heavy atom. The van der Waals surface area contributed by atoms with Crippen LogP contribution in [-0.4, -0.2) is 58.3 Å². The normalized spacial score (nSPS) is 13.4. The minimum atomic E-state index is -0.346. The van der Waals surface area contributed by atoms with Crippen molar-refractivity contribution in [1.29, 1.82) is 0 Å². The van der Waals surface area contributed by atoms with Gasteiger partial charge < -0.3 is 14.5 Å². The third kappa shape index (κ3) is 4.35. The van der Waals surface area contributed by atoms with E-state index in [1.165, 1.54) is 0 Å². The molecular formula is C23H24N4O3. The summed E-state index contributed by atoms with van der Waals surface area (Å²) >= 11 is 0. The van der Waals surface area contributed by atoms with Crippen molar-refractivity contribution in [2.45, 2.75) is 13.0 Å². The number of carbonyl (C=O) groups is 2. The van der Waals surface area contributed by atoms with E-state index in [0.717, 1.165) is 22.5 Å². The number of rotatable bonds is 7. The second-order valence-corrected chi connectivity index (χ2v) is 7.25. The van der Waals surface area contributed by atoms with E-state index in [1.807, 2.05) is 71.5 Å². The molecule has 1 fully saturated rings. The van der Waals surface area contributed by atoms with Crippen LogP contribution in [0.1, 0.15) is 12.0 Å². The van der Waals surface area contributed by atoms with Gasteiger partial charge in [0.1, 0.15) is 6.61 Å². The third-order valence-corrected chi connectivity index (χ3v) is 5.13. The largest absolute Gasteiger partial charge is 0.448 e. The molecule has 2 aromatic carbocycles. The van der Waals surface area contributed by atoms with Crippen LogP contribution in [0.15, 0.2) is 66.9 Å². The minimum absolute atomic E-state index is 0.0267. The maximum absolute atomic E-state index is 12.7. The van der Waals surface area contributed by atoms with Gasteiger partial charge in [-0.3, -0.25) is 4.79 Å². The van der Waals surface area contributed by atoms with Crippen molar-refractivity contribution in [2.75, 3.05) is 26.7 Å². The summed E-state index contributed by atoms with van der Waals surface area (Å²) in [6.45, 7) is 1.73. The molecule has 7 nitrogen and oxygen atoms in total. The summed E-state index contributed by atoms with van der Waals surface area (Å²) in [4.78, 5) is 27.5. The molecule has 1 aliphatic heterocycles. The highest BCUT2D eigenvalue weighted by Crippen LogP contribution is 2.24. The first-order chi connectivity index (χ1) is 14.6. The lowest BCUT2D eigenvalue weighted by atomic mass is 10.1. The van der Waals surface area contributed by atoms with Gasteiger partial charge in [0.25, 0.3) is 0 Å². The van der Waals surface area contributed by atoms with Crippen molar-refractivity contribution in [3.05, 3.63) is 72.4 Å². The van der Waals surface area contributed by atoms with E-state index in [-0.39, 0.29) is 18.4 Å². The molecule has 0 bridgehead atoms. The van der Waals surface area contributed by atoms with Crippen molar-refractivity contribution in [1.82, 2.24) is 19.6 Å². The molecule has 154 valence electrons. The minimum Gasteiger partial charge on any atom is -0.448 e. The molecule has 4 rings (SSSR count). The van der Waals surface area contributed by atoms with Crippen LogP contribution in [0.25, 0.3) is 16.9 Å². The van der Waals surface area contributed by atoms with Gasteiger partial charge in [-0.25, -0.2) is 9.48 Å². The van der Waals surface area contributed by atoms with Gasteiger partial charge in [-0.2, -0.15) is 5.10 Å². The molecule has 0 radical (unpaired) electrons. The molecule has 1 aliphatic rings. The monoisotopic (exact) mass is 404 g/mol. The number of aromatic nitrogens is 2. The number of para-hydroxylation sites is 1. The number of hydrogen-bond donors (Lipinski definition) is 0. The van der Waals surface area contributed by atoms with E-state index in [0.29, 0.717) is 26.2 Å². The highest BCUT2D eigenvalue weighted by molar-refractivity contribution is 5.77. The quantitative estimate of drug-likeness (QED) is 0.606. The summed E-state index contributed by atoms with van der Waals surface area (Å²) in [5.41, 5.74) is 3.77. The summed E-state index contributed by atoms with van der Waals surface area (Å²) in [6, 6.07) is 19.9. The number of benzene rings is 2. The van der Waals surface area contributed by atoms with Crippen LogP contribution in [-0.2, 0) is 16.1 Å². The summed E-state index contributed by atoms with van der Waals surface area (Å²) in [6.07, 6.45) is 1.89. The van der Waals surface area contributed by atoms with E-state index in [1.54, 1.807) is 16.8 Å². The number of cyclic esters (lactones) is 1. The first-order valence-electron chi connectivity index (χ1n) is 9.97. The maximum Gasteiger partial charge on any atom is 0.409 e. The van der Waals surface area contributed by atoms with Crippen molar-refractivity contribution in [2.24, 2.45) is 0 Å². The molecule has 0 unspecified atom stereocenters. The van der Waals surface area contributed by atoms with Crippen LogP contribution >= 0.6 is 0 Å². The zero-order valence-electron chi connectivity index (χ0n) is 16.9. The lowest BCUT2D eigenvalue weighted by Crippen LogP contribution is -2.32. The molecule has 30 heavy (non-hydrogen) atoms. The second kappa shape index (κ2) is 8.82. The SMILES string of the molecule is CN(Cc1cn(-c2ccccc2)nc1-c1ccccc1)C(=O)CCN1CCOC1=O. The molecule has 2 heterocycles. The van der Waals surface area contributed by atoms with E-state index in [2.05, 4.69) is 0 Å². The lowest BCUT2D eigenvalue weighted by molar-refractivity contribution is -0.130. The van der Waals surface area contributed by atoms with Gasteiger partial charge in [-0.05, 0) is 12.1 Å². The molecule has 0 spiro atoms. The van der Waals surface area contributed by atoms with Crippen LogP contribution in [0.3, 0.4) is 0 Å². The van der Waals surface area contributed by atoms with Gasteiger partial charge >= 0.3 is 6.09 Å². The van der Waals surface area contributed by atoms with Gasteiger partial charge in [0.2, 0.25) is 5.91 Å². The average molecular weight is 404 g/mol. The van der Waals surface area contributed by atoms with Gasteiger partial charge in [-0.1, -0.05) is 48.5 Å². The van der Waals surface area contributed by atoms with Crippen LogP contribution in [0.4, 0.5) is 4.79 Å². The molecular weight excluding hydrogens is 380 g/mol. The average Bonchev–Trinajstić information content (AvgIpc) is 3.39. The zero-order chi connectivity index (χ0) is 20.9. The van der Waals surface area contributed by atoms with Crippen molar-refractivity contribution < 1.29 is 14.3 Å². The highest BCUT2D eigenvalue weighted by Gasteiger charge is 2.23. The molecule has 2 amide bonds. The number of amides is 2. The van der Waals surface area contributed by atoms with E-state index in [4.69, 9.17) is 9.84 Å². The Bertz CT molecular complexity index is 1020. The lowest BCUT2D eigenvalue weighted by Gasteiger charge is -2.19. The van der Waals surface area contributed by atoms with Gasteiger partial charge in [-0.15, -0.1) is 0 Å². The fraction of sp³-hybridized carbons (Fsp3) is 0.261. The zero-order valence-corrected chi connectivity index (χ0v) is 16.9. The molecule has 1 aromatic heterocycles. The van der Waals surface area contributed by atoms with E-state index in [9.17, 15) is 9.59 Å². The highest BCUT2D eigenvalue weighted by atomic mass is 16.6. The second-order valence-electron chi connectivity index (χ2n) is 7.25. The number of ether oxygens (including phenoxy) is 1. The Kier molecular flexibility index (Phi) is 5.79. The predicted octanol–water partition coefficient (Wildman–Crippen LogP) is 3.34. The van der Waals surface area contributed by atoms with Crippen LogP contribution in [0.2, 0.25) is 0 Å². The number of nitrogens with zero attached hydrogens (tertiary/aromatic N) is 4. The standard InChI is InChI=1S/C23H24N4O3/c1-25(21(28)12-13-26-14-15-30-23(26)29)16-19-17-27(20-10-6-3-7-11-20)24-22(19)18-8-4-2-5-9-18/h2-11,17H,12-16H2,1H3. The Labute approximate surface area is 175 Å². The van der Waals surface area contributed by atoms with E-state index >= 15 is 0 Å². The van der Waals surface area contributed by atoms with Gasteiger partial charge in [0.15, 0.2) is 0 Å². The Balaban J connectivity index is 1.52. The first kappa shape index (κ1) is 19.7. The summed E-state index contributed by atoms with van der Waals surface area (Å²) in [5.74, 6) is -0.0267. The van der Waals surface area contributed by atoms with Crippen molar-refractivity contribution in [3.8, 4) is 16.9 Å². The topological polar surface area (TPSA) is 67.7 Å². The smallest absolute Gasteiger partial charge is 0.409 e. The van der Waals surface area contributed by atoms with Gasteiger partial charge in [0, 0.05) is 43.9 Å². The molecule has 0 atom stereocenters. The van der Waals surface area contributed by atoms with Gasteiger partial charge in [0.05, 0.1) is 17.9 Å². The number of hydrogen-bond acceptors (Lipinski definition) is 4. The molecule has 0 saturated carbocycles. The Hall–Kier alpha value is -3.61. The maximum atomic E-state index is 12.7. The first-order valence-corrected chi connectivity index (χ1v) is 9.97. The Morgan fingerprint density at radius 3 is 2.47 bits per heavy atom. The third-order valence-electron chi connectivity index (χ3n) is 5.13. The molecule has 0 aliphatic carbocycles. The summed E-state index contributed by atoms with van der Waals surface area (Å²) in [5, 5.41) is 4.79. The fourth-order valence-electron chi connectivity index (χ4n) is 3.47. The molecule has 3 aromatic rings. The summed E-state index contributed by atoms with van der Waals surface area (Å²) in [7, 11) is 1.78. The van der Waals surface area contributed by atoms with Crippen LogP contribution in [0.5, 0.6) is 0 Å². The van der Waals surface area contributed by atoms with Crippen LogP contribution in [0, 0.1) is 0 Å². The van der Waals surface area contributed by atoms with Crippen molar-refractivity contribution in [3.63, 3.8) is 0 Å². The van der Waals surface area contributed by atoms with Crippen LogP contribution < -0.4 is 0 Å². The summed E-state index contributed by atoms with van der Waals surface area (Å²) < 4.78 is 6.76. The van der Waals surface area contributed by atoms with E-state index < -0.39 is 0 Å².